The Balaban J connectivity index is 1.64. The smallest absolute Gasteiger partial charge is 0.249 e. The molecule has 2 heterocycles. The zero-order valence-corrected chi connectivity index (χ0v) is 16.0. The van der Waals surface area contributed by atoms with Crippen molar-refractivity contribution in [2.45, 2.75) is 12.5 Å². The van der Waals surface area contributed by atoms with Crippen molar-refractivity contribution in [1.29, 1.82) is 0 Å². The van der Waals surface area contributed by atoms with E-state index in [-0.39, 0.29) is 18.2 Å². The van der Waals surface area contributed by atoms with Gasteiger partial charge in [0.15, 0.2) is 0 Å². The van der Waals surface area contributed by atoms with Gasteiger partial charge in [0, 0.05) is 11.6 Å². The van der Waals surface area contributed by atoms with Gasteiger partial charge in [-0.3, -0.25) is 9.59 Å². The zero-order chi connectivity index (χ0) is 20.4. The molecule has 2 N–H and O–H groups in total. The number of carbonyl (C=O) groups excluding carboxylic acids is 2. The summed E-state index contributed by atoms with van der Waals surface area (Å²) in [5, 5.41) is 10.0. The Bertz CT molecular complexity index is 1060. The SMILES string of the molecule is COc1ccc(NC(=O)[C@@H]2CC(=O)Nc3c(-c4ccccc4)cnn32)c(OC)c1. The lowest BCUT2D eigenvalue weighted by atomic mass is 10.1. The van der Waals surface area contributed by atoms with Gasteiger partial charge in [-0.15, -0.1) is 0 Å². The number of amides is 2. The van der Waals surface area contributed by atoms with Crippen molar-refractivity contribution in [3.8, 4) is 22.6 Å². The van der Waals surface area contributed by atoms with Gasteiger partial charge >= 0.3 is 0 Å². The number of fused-ring (bicyclic) bond motifs is 1. The molecule has 0 radical (unpaired) electrons. The normalized spacial score (nSPS) is 15.2. The second kappa shape index (κ2) is 7.67. The van der Waals surface area contributed by atoms with Gasteiger partial charge < -0.3 is 20.1 Å². The fourth-order valence-corrected chi connectivity index (χ4v) is 3.32. The quantitative estimate of drug-likeness (QED) is 0.696. The van der Waals surface area contributed by atoms with Crippen molar-refractivity contribution in [3.63, 3.8) is 0 Å². The van der Waals surface area contributed by atoms with Crippen molar-refractivity contribution in [1.82, 2.24) is 9.78 Å². The van der Waals surface area contributed by atoms with E-state index in [1.54, 1.807) is 36.2 Å². The third kappa shape index (κ3) is 3.52. The molecule has 0 fully saturated rings. The number of nitrogens with zero attached hydrogens (tertiary/aromatic N) is 2. The van der Waals surface area contributed by atoms with Gasteiger partial charge in [-0.1, -0.05) is 30.3 Å². The van der Waals surface area contributed by atoms with Gasteiger partial charge in [0.25, 0.3) is 0 Å². The number of rotatable bonds is 5. The summed E-state index contributed by atoms with van der Waals surface area (Å²) in [5.74, 6) is 0.987. The maximum absolute atomic E-state index is 13.0. The molecule has 0 saturated heterocycles. The molecule has 2 amide bonds. The predicted octanol–water partition coefficient (Wildman–Crippen LogP) is 3.09. The van der Waals surface area contributed by atoms with Crippen molar-refractivity contribution in [2.24, 2.45) is 0 Å². The van der Waals surface area contributed by atoms with Crippen LogP contribution in [0.3, 0.4) is 0 Å². The Hall–Kier alpha value is -3.81. The lowest BCUT2D eigenvalue weighted by Gasteiger charge is -2.25. The monoisotopic (exact) mass is 392 g/mol. The average Bonchev–Trinajstić information content (AvgIpc) is 3.17. The highest BCUT2D eigenvalue weighted by Gasteiger charge is 2.33. The summed E-state index contributed by atoms with van der Waals surface area (Å²) in [7, 11) is 3.06. The summed E-state index contributed by atoms with van der Waals surface area (Å²) < 4.78 is 12.1. The van der Waals surface area contributed by atoms with E-state index >= 15 is 0 Å². The molecule has 0 unspecified atom stereocenters. The van der Waals surface area contributed by atoms with E-state index in [1.807, 2.05) is 30.3 Å². The van der Waals surface area contributed by atoms with Gasteiger partial charge in [0.2, 0.25) is 11.8 Å². The highest BCUT2D eigenvalue weighted by molar-refractivity contribution is 6.03. The first-order chi connectivity index (χ1) is 14.1. The molecule has 8 nitrogen and oxygen atoms in total. The van der Waals surface area contributed by atoms with Crippen LogP contribution in [-0.4, -0.2) is 35.8 Å². The van der Waals surface area contributed by atoms with Gasteiger partial charge in [-0.2, -0.15) is 5.10 Å². The Kier molecular flexibility index (Phi) is 4.90. The van der Waals surface area contributed by atoms with E-state index in [1.165, 1.54) is 7.11 Å². The summed E-state index contributed by atoms with van der Waals surface area (Å²) in [6.07, 6.45) is 1.65. The first-order valence-corrected chi connectivity index (χ1v) is 9.06. The van der Waals surface area contributed by atoms with Crippen molar-refractivity contribution >= 4 is 23.3 Å². The molecule has 1 aliphatic heterocycles. The lowest BCUT2D eigenvalue weighted by molar-refractivity contribution is -0.125. The van der Waals surface area contributed by atoms with Crippen LogP contribution in [-0.2, 0) is 9.59 Å². The summed E-state index contributed by atoms with van der Waals surface area (Å²) in [5.41, 5.74) is 2.16. The molecule has 3 aromatic rings. The molecular weight excluding hydrogens is 372 g/mol. The topological polar surface area (TPSA) is 94.5 Å². The Morgan fingerprint density at radius 2 is 1.97 bits per heavy atom. The Morgan fingerprint density at radius 1 is 1.17 bits per heavy atom. The van der Waals surface area contributed by atoms with Gasteiger partial charge in [0.05, 0.1) is 32.5 Å². The van der Waals surface area contributed by atoms with Gasteiger partial charge in [-0.05, 0) is 17.7 Å². The third-order valence-electron chi connectivity index (χ3n) is 4.78. The molecule has 148 valence electrons. The van der Waals surface area contributed by atoms with Crippen molar-refractivity contribution < 1.29 is 19.1 Å². The van der Waals surface area contributed by atoms with E-state index in [4.69, 9.17) is 9.47 Å². The predicted molar refractivity (Wildman–Crippen MR) is 108 cm³/mol. The van der Waals surface area contributed by atoms with Crippen LogP contribution in [0.2, 0.25) is 0 Å². The molecule has 0 spiro atoms. The molecule has 29 heavy (non-hydrogen) atoms. The molecule has 2 aromatic carbocycles. The van der Waals surface area contributed by atoms with E-state index in [0.29, 0.717) is 23.0 Å². The molecule has 0 bridgehead atoms. The van der Waals surface area contributed by atoms with Crippen LogP contribution in [0.1, 0.15) is 12.5 Å². The van der Waals surface area contributed by atoms with Crippen LogP contribution in [0.25, 0.3) is 11.1 Å². The molecule has 0 saturated carbocycles. The van der Waals surface area contributed by atoms with E-state index in [0.717, 1.165) is 11.1 Å². The van der Waals surface area contributed by atoms with Gasteiger partial charge in [0.1, 0.15) is 23.4 Å². The number of nitrogens with one attached hydrogen (secondary N) is 2. The van der Waals surface area contributed by atoms with Crippen molar-refractivity contribution in [3.05, 3.63) is 54.7 Å². The molecule has 0 aliphatic carbocycles. The third-order valence-corrected chi connectivity index (χ3v) is 4.78. The van der Waals surface area contributed by atoms with Crippen LogP contribution in [0.4, 0.5) is 11.5 Å². The Morgan fingerprint density at radius 3 is 2.69 bits per heavy atom. The lowest BCUT2D eigenvalue weighted by Crippen LogP contribution is -2.35. The minimum atomic E-state index is -0.775. The van der Waals surface area contributed by atoms with E-state index < -0.39 is 6.04 Å². The minimum Gasteiger partial charge on any atom is -0.497 e. The Labute approximate surface area is 167 Å². The van der Waals surface area contributed by atoms with E-state index in [9.17, 15) is 9.59 Å². The fraction of sp³-hybridized carbons (Fsp3) is 0.190. The first kappa shape index (κ1) is 18.5. The summed E-state index contributed by atoms with van der Waals surface area (Å²) in [4.78, 5) is 25.3. The number of ether oxygens (including phenoxy) is 2. The second-order valence-corrected chi connectivity index (χ2v) is 6.54. The number of carbonyl (C=O) groups is 2. The second-order valence-electron chi connectivity index (χ2n) is 6.54. The average molecular weight is 392 g/mol. The number of methoxy groups -OCH3 is 2. The highest BCUT2D eigenvalue weighted by Crippen LogP contribution is 2.35. The molecular formula is C21H20N4O4. The molecule has 1 atom stereocenters. The molecule has 4 rings (SSSR count). The first-order valence-electron chi connectivity index (χ1n) is 9.06. The highest BCUT2D eigenvalue weighted by atomic mass is 16.5. The number of aromatic nitrogens is 2. The fourth-order valence-electron chi connectivity index (χ4n) is 3.32. The summed E-state index contributed by atoms with van der Waals surface area (Å²) in [6.45, 7) is 0. The largest absolute Gasteiger partial charge is 0.497 e. The number of benzene rings is 2. The van der Waals surface area contributed by atoms with Gasteiger partial charge in [-0.25, -0.2) is 4.68 Å². The number of anilines is 2. The molecule has 8 heteroatoms. The van der Waals surface area contributed by atoms with Crippen LogP contribution in [0, 0.1) is 0 Å². The maximum Gasteiger partial charge on any atom is 0.249 e. The van der Waals surface area contributed by atoms with Crippen molar-refractivity contribution in [2.75, 3.05) is 24.9 Å². The van der Waals surface area contributed by atoms with Crippen LogP contribution >= 0.6 is 0 Å². The van der Waals surface area contributed by atoms with E-state index in [2.05, 4.69) is 15.7 Å². The summed E-state index contributed by atoms with van der Waals surface area (Å²) >= 11 is 0. The van der Waals surface area contributed by atoms with Crippen LogP contribution in [0.15, 0.2) is 54.7 Å². The summed E-state index contributed by atoms with van der Waals surface area (Å²) in [6, 6.07) is 13.9. The zero-order valence-electron chi connectivity index (χ0n) is 16.0. The van der Waals surface area contributed by atoms with Crippen LogP contribution in [0.5, 0.6) is 11.5 Å². The number of hydrogen-bond donors (Lipinski definition) is 2. The molecule has 1 aromatic heterocycles. The standard InChI is InChI=1S/C21H20N4O4/c1-28-14-8-9-16(18(10-14)29-2)23-21(27)17-11-19(26)24-20-15(12-22-25(17)20)13-6-4-3-5-7-13/h3-10,12,17H,11H2,1-2H3,(H,23,27)(H,24,26)/t17-/m0/s1. The van der Waals surface area contributed by atoms with Crippen LogP contribution < -0.4 is 20.1 Å². The minimum absolute atomic E-state index is 0.00673. The maximum atomic E-state index is 13.0. The number of hydrogen-bond acceptors (Lipinski definition) is 5. The molecule has 1 aliphatic rings.